The number of likely N-dealkylation sites (tertiary alicyclic amines) is 1. The van der Waals surface area contributed by atoms with Crippen molar-refractivity contribution in [3.63, 3.8) is 0 Å². The third kappa shape index (κ3) is 3.03. The van der Waals surface area contributed by atoms with E-state index in [9.17, 15) is 22.0 Å². The smallest absolute Gasteiger partial charge is 0.200 e. The molecule has 1 heterocycles. The van der Waals surface area contributed by atoms with Crippen LogP contribution in [-0.2, 0) is 6.54 Å². The molecule has 0 radical (unpaired) electrons. The van der Waals surface area contributed by atoms with Gasteiger partial charge in [0.05, 0.1) is 0 Å². The number of piperidine rings is 1. The second kappa shape index (κ2) is 6.27. The monoisotopic (exact) mass is 308 g/mol. The van der Waals surface area contributed by atoms with Gasteiger partial charge < -0.3 is 5.73 Å². The summed E-state index contributed by atoms with van der Waals surface area (Å²) in [6.45, 7) is 1.95. The normalized spacial score (nSPS) is 21.6. The molecule has 21 heavy (non-hydrogen) atoms. The zero-order chi connectivity index (χ0) is 15.7. The quantitative estimate of drug-likeness (QED) is 0.528. The summed E-state index contributed by atoms with van der Waals surface area (Å²) in [4.78, 5) is 1.69. The number of nitrogens with zero attached hydrogens (tertiary/aromatic N) is 1. The van der Waals surface area contributed by atoms with Gasteiger partial charge in [0.15, 0.2) is 23.3 Å². The maximum Gasteiger partial charge on any atom is 0.200 e. The molecule has 1 aromatic rings. The van der Waals surface area contributed by atoms with Crippen molar-refractivity contribution >= 4 is 0 Å². The summed E-state index contributed by atoms with van der Waals surface area (Å²) in [5, 5.41) is 0. The van der Waals surface area contributed by atoms with E-state index in [0.29, 0.717) is 6.54 Å². The van der Waals surface area contributed by atoms with Crippen molar-refractivity contribution in [1.29, 1.82) is 0 Å². The van der Waals surface area contributed by atoms with E-state index in [1.54, 1.807) is 11.8 Å². The van der Waals surface area contributed by atoms with Gasteiger partial charge in [-0.3, -0.25) is 4.90 Å². The Bertz CT molecular complexity index is 504. The van der Waals surface area contributed by atoms with Crippen molar-refractivity contribution in [2.24, 2.45) is 5.73 Å². The molecule has 1 aromatic carbocycles. The summed E-state index contributed by atoms with van der Waals surface area (Å²) in [5.41, 5.74) is 5.04. The second-order valence-electron chi connectivity index (χ2n) is 5.44. The number of hydrogen-bond acceptors (Lipinski definition) is 2. The molecule has 0 aromatic heterocycles. The maximum absolute atomic E-state index is 13.7. The molecule has 1 aliphatic rings. The zero-order valence-corrected chi connectivity index (χ0v) is 11.6. The van der Waals surface area contributed by atoms with Crippen molar-refractivity contribution in [1.82, 2.24) is 4.90 Å². The lowest BCUT2D eigenvalue weighted by Crippen LogP contribution is -2.48. The fraction of sp³-hybridized carbons (Fsp3) is 0.571. The minimum absolute atomic E-state index is 0.131. The van der Waals surface area contributed by atoms with Crippen molar-refractivity contribution in [2.45, 2.75) is 44.8 Å². The molecule has 2 N–H and O–H groups in total. The Morgan fingerprint density at radius 3 is 2.05 bits per heavy atom. The number of halogens is 5. The lowest BCUT2D eigenvalue weighted by atomic mass is 9.96. The summed E-state index contributed by atoms with van der Waals surface area (Å²) < 4.78 is 66.9. The first-order chi connectivity index (χ1) is 9.84. The molecule has 1 saturated heterocycles. The van der Waals surface area contributed by atoms with Crippen molar-refractivity contribution < 1.29 is 22.0 Å². The lowest BCUT2D eigenvalue weighted by molar-refractivity contribution is 0.119. The highest BCUT2D eigenvalue weighted by atomic mass is 19.2. The fourth-order valence-electron chi connectivity index (χ4n) is 2.80. The molecule has 2 rings (SSSR count). The molecule has 7 heteroatoms. The SMILES string of the molecule is CC(N)C1CCCCN1Cc1c(F)c(F)c(F)c(F)c1F. The van der Waals surface area contributed by atoms with Crippen LogP contribution in [0, 0.1) is 29.1 Å². The summed E-state index contributed by atoms with van der Waals surface area (Å²) in [7, 11) is 0. The van der Waals surface area contributed by atoms with E-state index < -0.39 is 34.6 Å². The van der Waals surface area contributed by atoms with Gasteiger partial charge in [-0.2, -0.15) is 0 Å². The van der Waals surface area contributed by atoms with Crippen LogP contribution in [0.3, 0.4) is 0 Å². The predicted molar refractivity (Wildman–Crippen MR) is 67.9 cm³/mol. The van der Waals surface area contributed by atoms with E-state index in [1.807, 2.05) is 0 Å². The van der Waals surface area contributed by atoms with Gasteiger partial charge in [-0.25, -0.2) is 22.0 Å². The van der Waals surface area contributed by atoms with Crippen molar-refractivity contribution in [3.05, 3.63) is 34.6 Å². The largest absolute Gasteiger partial charge is 0.327 e. The Labute approximate surface area is 119 Å². The Balaban J connectivity index is 2.34. The van der Waals surface area contributed by atoms with Crippen LogP contribution >= 0.6 is 0 Å². The van der Waals surface area contributed by atoms with Gasteiger partial charge in [0.25, 0.3) is 0 Å². The van der Waals surface area contributed by atoms with E-state index in [2.05, 4.69) is 0 Å². The van der Waals surface area contributed by atoms with E-state index in [4.69, 9.17) is 5.73 Å². The van der Waals surface area contributed by atoms with Gasteiger partial charge >= 0.3 is 0 Å². The summed E-state index contributed by atoms with van der Waals surface area (Å²) >= 11 is 0. The third-order valence-corrected chi connectivity index (χ3v) is 3.93. The average molecular weight is 308 g/mol. The van der Waals surface area contributed by atoms with E-state index in [0.717, 1.165) is 19.3 Å². The molecule has 2 unspecified atom stereocenters. The predicted octanol–water partition coefficient (Wildman–Crippen LogP) is 3.08. The molecule has 118 valence electrons. The van der Waals surface area contributed by atoms with Gasteiger partial charge in [-0.15, -0.1) is 0 Å². The lowest BCUT2D eigenvalue weighted by Gasteiger charge is -2.38. The highest BCUT2D eigenvalue weighted by Gasteiger charge is 2.30. The van der Waals surface area contributed by atoms with Crippen molar-refractivity contribution in [3.8, 4) is 0 Å². The van der Waals surface area contributed by atoms with Crippen LogP contribution in [0.2, 0.25) is 0 Å². The van der Waals surface area contributed by atoms with Gasteiger partial charge in [-0.05, 0) is 26.3 Å². The molecule has 0 spiro atoms. The minimum atomic E-state index is -2.13. The zero-order valence-electron chi connectivity index (χ0n) is 11.6. The Kier molecular flexibility index (Phi) is 4.83. The molecule has 0 aliphatic carbocycles. The molecule has 2 atom stereocenters. The standard InChI is InChI=1S/C14H17F5N2/c1-7(20)9-4-2-3-5-21(9)6-8-10(15)12(17)14(19)13(18)11(8)16/h7,9H,2-6,20H2,1H3. The first-order valence-electron chi connectivity index (χ1n) is 6.84. The Morgan fingerprint density at radius 2 is 1.52 bits per heavy atom. The molecule has 1 fully saturated rings. The minimum Gasteiger partial charge on any atom is -0.327 e. The number of nitrogens with two attached hydrogens (primary N) is 1. The highest BCUT2D eigenvalue weighted by molar-refractivity contribution is 5.24. The topological polar surface area (TPSA) is 29.3 Å². The van der Waals surface area contributed by atoms with Gasteiger partial charge in [0.2, 0.25) is 5.82 Å². The molecular formula is C14H17F5N2. The van der Waals surface area contributed by atoms with Crippen LogP contribution in [0.4, 0.5) is 22.0 Å². The van der Waals surface area contributed by atoms with Crippen molar-refractivity contribution in [2.75, 3.05) is 6.54 Å². The number of hydrogen-bond donors (Lipinski definition) is 1. The maximum atomic E-state index is 13.7. The third-order valence-electron chi connectivity index (χ3n) is 3.93. The first kappa shape index (κ1) is 16.2. The second-order valence-corrected chi connectivity index (χ2v) is 5.44. The number of benzene rings is 1. The Hall–Kier alpha value is -1.21. The highest BCUT2D eigenvalue weighted by Crippen LogP contribution is 2.27. The van der Waals surface area contributed by atoms with Gasteiger partial charge in [0.1, 0.15) is 0 Å². The molecule has 2 nitrogen and oxygen atoms in total. The Morgan fingerprint density at radius 1 is 1.00 bits per heavy atom. The fourth-order valence-corrected chi connectivity index (χ4v) is 2.80. The summed E-state index contributed by atoms with van der Waals surface area (Å²) in [6, 6.07) is -0.375. The van der Waals surface area contributed by atoms with Crippen LogP contribution in [0.25, 0.3) is 0 Å². The molecular weight excluding hydrogens is 291 g/mol. The van der Waals surface area contributed by atoms with Crippen LogP contribution in [0.1, 0.15) is 31.7 Å². The van der Waals surface area contributed by atoms with E-state index >= 15 is 0 Å². The van der Waals surface area contributed by atoms with Crippen LogP contribution in [0.5, 0.6) is 0 Å². The van der Waals surface area contributed by atoms with Gasteiger partial charge in [0, 0.05) is 24.2 Å². The van der Waals surface area contributed by atoms with Crippen LogP contribution in [-0.4, -0.2) is 23.5 Å². The van der Waals surface area contributed by atoms with E-state index in [1.165, 1.54) is 0 Å². The van der Waals surface area contributed by atoms with Gasteiger partial charge in [-0.1, -0.05) is 6.42 Å². The molecule has 0 saturated carbocycles. The van der Waals surface area contributed by atoms with E-state index in [-0.39, 0.29) is 18.6 Å². The average Bonchev–Trinajstić information content (AvgIpc) is 2.48. The molecule has 0 bridgehead atoms. The summed E-state index contributed by atoms with van der Waals surface area (Å²) in [6.07, 6.45) is 2.48. The van der Waals surface area contributed by atoms with Crippen LogP contribution in [0.15, 0.2) is 0 Å². The number of rotatable bonds is 3. The summed E-state index contributed by atoms with van der Waals surface area (Å²) in [5.74, 6) is -9.46. The molecule has 1 aliphatic heterocycles. The molecule has 0 amide bonds. The van der Waals surface area contributed by atoms with Crippen LogP contribution < -0.4 is 5.73 Å². The first-order valence-corrected chi connectivity index (χ1v) is 6.84.